The van der Waals surface area contributed by atoms with Gasteiger partial charge in [-0.2, -0.15) is 0 Å². The number of likely N-dealkylation sites (tertiary alicyclic amines) is 1. The Morgan fingerprint density at radius 1 is 1.13 bits per heavy atom. The molecule has 47 heavy (non-hydrogen) atoms. The van der Waals surface area contributed by atoms with Gasteiger partial charge in [0.25, 0.3) is 5.91 Å². The second-order valence-corrected chi connectivity index (χ2v) is 17.6. The van der Waals surface area contributed by atoms with Crippen LogP contribution in [0.3, 0.4) is 0 Å². The normalized spacial score (nSPS) is 28.6. The van der Waals surface area contributed by atoms with E-state index in [2.05, 4.69) is 0 Å². The summed E-state index contributed by atoms with van der Waals surface area (Å²) in [5.74, 6) is -0.942. The second-order valence-electron chi connectivity index (χ2n) is 13.6. The van der Waals surface area contributed by atoms with Gasteiger partial charge in [0.15, 0.2) is 20.1 Å². The van der Waals surface area contributed by atoms with E-state index in [1.807, 2.05) is 44.3 Å². The minimum atomic E-state index is -2.99. The van der Waals surface area contributed by atoms with Crippen molar-refractivity contribution in [3.05, 3.63) is 53.6 Å². The van der Waals surface area contributed by atoms with Crippen LogP contribution < -0.4 is 14.5 Å². The van der Waals surface area contributed by atoms with Crippen LogP contribution in [-0.4, -0.2) is 85.4 Å². The molecule has 2 N–H and O–H groups in total. The number of amides is 3. The van der Waals surface area contributed by atoms with Crippen LogP contribution in [-0.2, 0) is 40.8 Å². The number of nitrogens with zero attached hydrogens (tertiary/aromatic N) is 3. The number of hydrogen-bond acceptors (Lipinski definition) is 9. The van der Waals surface area contributed by atoms with Crippen LogP contribution in [0, 0.1) is 5.92 Å². The molecule has 4 aliphatic heterocycles. The Bertz CT molecular complexity index is 1580. The van der Waals surface area contributed by atoms with Crippen LogP contribution in [0.4, 0.5) is 11.4 Å². The van der Waals surface area contributed by atoms with Gasteiger partial charge in [0.05, 0.1) is 50.9 Å². The number of rotatable bonds is 9. The molecule has 13 heteroatoms. The van der Waals surface area contributed by atoms with Crippen LogP contribution in [0.5, 0.6) is 5.75 Å². The highest BCUT2D eigenvalue weighted by Crippen LogP contribution is 2.60. The molecule has 6 rings (SSSR count). The highest BCUT2D eigenvalue weighted by Gasteiger charge is 2.66. The first-order valence-corrected chi connectivity index (χ1v) is 19.2. The average Bonchev–Trinajstić information content (AvgIpc) is 3.67. The van der Waals surface area contributed by atoms with Crippen molar-refractivity contribution in [2.24, 2.45) is 5.92 Å². The smallest absolute Gasteiger partial charge is 0.304 e. The van der Waals surface area contributed by atoms with Crippen molar-refractivity contribution >= 4 is 43.4 Å². The van der Waals surface area contributed by atoms with Gasteiger partial charge in [-0.25, -0.2) is 0 Å². The minimum absolute atomic E-state index is 0.00183. The number of aliphatic hydroxyl groups is 1. The number of ether oxygens (including phenoxy) is 3. The van der Waals surface area contributed by atoms with E-state index in [1.165, 1.54) is 11.8 Å². The van der Waals surface area contributed by atoms with Gasteiger partial charge in [-0.3, -0.25) is 24.1 Å². The largest absolute Gasteiger partial charge is 0.497 e. The Morgan fingerprint density at radius 2 is 1.85 bits per heavy atom. The number of esters is 1. The van der Waals surface area contributed by atoms with Crippen LogP contribution in [0.2, 0.25) is 18.6 Å². The number of benzene rings is 2. The van der Waals surface area contributed by atoms with Gasteiger partial charge in [-0.1, -0.05) is 19.1 Å². The molecule has 1 unspecified atom stereocenters. The first-order chi connectivity index (χ1) is 22.3. The molecule has 2 aromatic carbocycles. The molecule has 6 atom stereocenters. The summed E-state index contributed by atoms with van der Waals surface area (Å²) in [6.07, 6.45) is 0.342. The average molecular weight is 666 g/mol. The van der Waals surface area contributed by atoms with Crippen LogP contribution in [0.15, 0.2) is 42.5 Å². The Morgan fingerprint density at radius 3 is 2.47 bits per heavy atom. The fraction of sp³-hybridized carbons (Fsp3) is 0.529. The summed E-state index contributed by atoms with van der Waals surface area (Å²) in [4.78, 5) is 68.5. The van der Waals surface area contributed by atoms with E-state index in [1.54, 1.807) is 35.1 Å². The van der Waals surface area contributed by atoms with Crippen molar-refractivity contribution in [1.82, 2.24) is 4.90 Å². The number of aliphatic hydroxyl groups excluding tert-OH is 1. The van der Waals surface area contributed by atoms with Crippen LogP contribution in [0.25, 0.3) is 0 Å². The lowest BCUT2D eigenvalue weighted by Gasteiger charge is -2.39. The summed E-state index contributed by atoms with van der Waals surface area (Å²) in [6.45, 7) is 7.53. The molecule has 3 amide bonds. The number of anilines is 2. The molecule has 0 aromatic heterocycles. The van der Waals surface area contributed by atoms with Crippen molar-refractivity contribution in [2.45, 2.75) is 88.7 Å². The Labute approximate surface area is 275 Å². The molecule has 252 valence electrons. The van der Waals surface area contributed by atoms with E-state index < -0.39 is 43.7 Å². The summed E-state index contributed by atoms with van der Waals surface area (Å²) in [6, 6.07) is 12.4. The SMILES string of the molecule is COc1ccc2c(c1)[C@@]1(O[C@H](CC(=O)N3CCC[C@H]3CO)[C@@H]([Si](C)(C)O)[C@@H]1C)C(=O)N2Cc1ccc(N2C(=O)CC2OC(C)=O)cc1. The van der Waals surface area contributed by atoms with E-state index in [0.717, 1.165) is 18.4 Å². The predicted molar refractivity (Wildman–Crippen MR) is 174 cm³/mol. The molecule has 4 heterocycles. The fourth-order valence-electron chi connectivity index (χ4n) is 8.11. The number of carbonyl (C=O) groups is 4. The highest BCUT2D eigenvalue weighted by atomic mass is 28.4. The van der Waals surface area contributed by atoms with Crippen molar-refractivity contribution in [1.29, 1.82) is 0 Å². The standard InChI is InChI=1S/C34H43N3O9Si/c1-20-32(47(4,5)43)28(16-29(40)35-14-6-7-24(35)19-38)46-34(20)26-15-25(44-3)12-13-27(26)36(33(34)42)18-22-8-10-23(11-9-22)37-30(41)17-31(37)45-21(2)39/h8-13,15,20,24,28,31-32,38,43H,6-7,14,16-19H2,1-5H3/t20-,24-,28+,31?,32-,34+/m0/s1. The van der Waals surface area contributed by atoms with Gasteiger partial charge >= 0.3 is 5.97 Å². The predicted octanol–water partition coefficient (Wildman–Crippen LogP) is 3.04. The molecule has 3 fully saturated rings. The maximum Gasteiger partial charge on any atom is 0.304 e. The number of carbonyl (C=O) groups excluding carboxylic acids is 4. The maximum atomic E-state index is 14.7. The van der Waals surface area contributed by atoms with E-state index in [4.69, 9.17) is 14.2 Å². The van der Waals surface area contributed by atoms with Crippen molar-refractivity contribution in [2.75, 3.05) is 30.1 Å². The summed E-state index contributed by atoms with van der Waals surface area (Å²) in [5, 5.41) is 9.84. The first kappa shape index (κ1) is 33.1. The highest BCUT2D eigenvalue weighted by molar-refractivity contribution is 6.71. The lowest BCUT2D eigenvalue weighted by molar-refractivity contribution is -0.154. The van der Waals surface area contributed by atoms with E-state index in [9.17, 15) is 29.1 Å². The van der Waals surface area contributed by atoms with Crippen molar-refractivity contribution in [3.63, 3.8) is 0 Å². The molecule has 12 nitrogen and oxygen atoms in total. The molecule has 1 spiro atoms. The van der Waals surface area contributed by atoms with E-state index >= 15 is 0 Å². The number of fused-ring (bicyclic) bond motifs is 2. The zero-order valence-electron chi connectivity index (χ0n) is 27.5. The van der Waals surface area contributed by atoms with Gasteiger partial charge < -0.3 is 33.9 Å². The molecule has 0 bridgehead atoms. The molecule has 0 radical (unpaired) electrons. The lowest BCUT2D eigenvalue weighted by atomic mass is 9.82. The zero-order valence-corrected chi connectivity index (χ0v) is 28.5. The molecule has 2 aromatic rings. The van der Waals surface area contributed by atoms with Crippen molar-refractivity contribution in [3.8, 4) is 5.75 Å². The monoisotopic (exact) mass is 665 g/mol. The Hall–Kier alpha value is -3.78. The molecule has 0 aliphatic carbocycles. The van der Waals surface area contributed by atoms with Gasteiger partial charge in [0, 0.05) is 36.2 Å². The summed E-state index contributed by atoms with van der Waals surface area (Å²) >= 11 is 0. The summed E-state index contributed by atoms with van der Waals surface area (Å²) < 4.78 is 17.6. The topological polar surface area (TPSA) is 146 Å². The number of methoxy groups -OCH3 is 1. The molecular formula is C34H43N3O9Si. The third-order valence-electron chi connectivity index (χ3n) is 10.2. The van der Waals surface area contributed by atoms with Gasteiger partial charge in [0.1, 0.15) is 5.75 Å². The molecule has 0 saturated carbocycles. The van der Waals surface area contributed by atoms with E-state index in [-0.39, 0.29) is 49.8 Å². The minimum Gasteiger partial charge on any atom is -0.497 e. The Kier molecular flexibility index (Phi) is 8.70. The summed E-state index contributed by atoms with van der Waals surface area (Å²) in [7, 11) is -1.44. The number of hydrogen-bond donors (Lipinski definition) is 2. The lowest BCUT2D eigenvalue weighted by Crippen LogP contribution is -2.54. The third-order valence-corrected chi connectivity index (χ3v) is 12.7. The molecule has 4 aliphatic rings. The fourth-order valence-corrected chi connectivity index (χ4v) is 10.7. The Balaban J connectivity index is 1.31. The van der Waals surface area contributed by atoms with E-state index in [0.29, 0.717) is 29.2 Å². The first-order valence-electron chi connectivity index (χ1n) is 16.2. The summed E-state index contributed by atoms with van der Waals surface area (Å²) in [5.41, 5.74) is 0.799. The third kappa shape index (κ3) is 5.62. The number of β-lactam (4-membered cyclic amide) rings is 1. The zero-order chi connectivity index (χ0) is 33.8. The van der Waals surface area contributed by atoms with Gasteiger partial charge in [-0.15, -0.1) is 0 Å². The van der Waals surface area contributed by atoms with Crippen molar-refractivity contribution < 1.29 is 43.3 Å². The van der Waals surface area contributed by atoms with Crippen LogP contribution in [0.1, 0.15) is 50.7 Å². The quantitative estimate of drug-likeness (QED) is 0.235. The maximum absolute atomic E-state index is 14.7. The van der Waals surface area contributed by atoms with Gasteiger partial charge in [0.2, 0.25) is 11.8 Å². The second kappa shape index (κ2) is 12.3. The molecule has 3 saturated heterocycles. The molecular weight excluding hydrogens is 622 g/mol. The van der Waals surface area contributed by atoms with Gasteiger partial charge in [-0.05, 0) is 61.8 Å². The van der Waals surface area contributed by atoms with Crippen LogP contribution >= 0.6 is 0 Å².